The zero-order valence-electron chi connectivity index (χ0n) is 19.7. The van der Waals surface area contributed by atoms with Crippen molar-refractivity contribution in [3.63, 3.8) is 0 Å². The zero-order valence-corrected chi connectivity index (χ0v) is 19.7. The molecule has 0 aliphatic carbocycles. The summed E-state index contributed by atoms with van der Waals surface area (Å²) in [5.74, 6) is 0.426. The fourth-order valence-electron chi connectivity index (χ4n) is 4.05. The summed E-state index contributed by atoms with van der Waals surface area (Å²) >= 11 is 0. The Bertz CT molecular complexity index is 1170. The number of amides is 2. The van der Waals surface area contributed by atoms with Gasteiger partial charge in [0.25, 0.3) is 11.8 Å². The number of benzene rings is 3. The molecule has 5 nitrogen and oxygen atoms in total. The van der Waals surface area contributed by atoms with Crippen molar-refractivity contribution < 1.29 is 9.59 Å². The molecule has 2 amide bonds. The Morgan fingerprint density at radius 2 is 1.64 bits per heavy atom. The molecule has 0 bridgehead atoms. The molecule has 0 aromatic heterocycles. The number of carbonyl (C=O) groups excluding carboxylic acids is 2. The van der Waals surface area contributed by atoms with Crippen molar-refractivity contribution >= 4 is 23.2 Å². The number of aryl methyl sites for hydroxylation is 2. The van der Waals surface area contributed by atoms with Crippen LogP contribution in [0.3, 0.4) is 0 Å². The van der Waals surface area contributed by atoms with E-state index >= 15 is 0 Å². The Kier molecular flexibility index (Phi) is 6.50. The van der Waals surface area contributed by atoms with Gasteiger partial charge in [-0.25, -0.2) is 0 Å². The summed E-state index contributed by atoms with van der Waals surface area (Å²) in [4.78, 5) is 27.6. The molecule has 0 spiro atoms. The van der Waals surface area contributed by atoms with Crippen LogP contribution in [0.25, 0.3) is 0 Å². The fourth-order valence-corrected chi connectivity index (χ4v) is 4.05. The van der Waals surface area contributed by atoms with Crippen molar-refractivity contribution in [2.45, 2.75) is 40.3 Å². The lowest BCUT2D eigenvalue weighted by molar-refractivity contribution is 0.0734. The smallest absolute Gasteiger partial charge is 0.256 e. The highest BCUT2D eigenvalue weighted by molar-refractivity contribution is 6.04. The Balaban J connectivity index is 1.49. The predicted octanol–water partition coefficient (Wildman–Crippen LogP) is 6.17. The lowest BCUT2D eigenvalue weighted by Crippen LogP contribution is -2.33. The molecular formula is C28H31N3O2. The maximum Gasteiger partial charge on any atom is 0.256 e. The molecule has 0 saturated heterocycles. The van der Waals surface area contributed by atoms with Gasteiger partial charge in [-0.1, -0.05) is 38.1 Å². The first-order valence-corrected chi connectivity index (χ1v) is 11.5. The molecular weight excluding hydrogens is 410 g/mol. The summed E-state index contributed by atoms with van der Waals surface area (Å²) in [6, 6.07) is 21.1. The molecule has 170 valence electrons. The predicted molar refractivity (Wildman–Crippen MR) is 134 cm³/mol. The number of rotatable bonds is 7. The van der Waals surface area contributed by atoms with Crippen LogP contribution in [0.4, 0.5) is 11.4 Å². The third-order valence-corrected chi connectivity index (χ3v) is 6.22. The minimum absolute atomic E-state index is 0.0631. The van der Waals surface area contributed by atoms with Gasteiger partial charge in [-0.2, -0.15) is 0 Å². The summed E-state index contributed by atoms with van der Waals surface area (Å²) in [7, 11) is 0. The van der Waals surface area contributed by atoms with E-state index < -0.39 is 0 Å². The molecule has 5 heteroatoms. The third kappa shape index (κ3) is 4.92. The van der Waals surface area contributed by atoms with E-state index in [0.717, 1.165) is 34.5 Å². The van der Waals surface area contributed by atoms with E-state index in [1.165, 1.54) is 5.56 Å². The molecule has 0 saturated carbocycles. The maximum atomic E-state index is 13.0. The SMILES string of the molecule is Cc1ccc(NC(=O)c2ccc(N[C@@H]3c4ccccc4C(=O)N3CCC(C)C)cc2)cc1C. The fraction of sp³-hybridized carbons (Fsp3) is 0.286. The minimum atomic E-state index is -0.220. The molecule has 3 aromatic carbocycles. The summed E-state index contributed by atoms with van der Waals surface area (Å²) in [6.45, 7) is 9.10. The summed E-state index contributed by atoms with van der Waals surface area (Å²) in [5, 5.41) is 6.46. The van der Waals surface area contributed by atoms with E-state index in [-0.39, 0.29) is 18.0 Å². The minimum Gasteiger partial charge on any atom is -0.361 e. The van der Waals surface area contributed by atoms with Gasteiger partial charge >= 0.3 is 0 Å². The number of fused-ring (bicyclic) bond motifs is 1. The lowest BCUT2D eigenvalue weighted by Gasteiger charge is -2.28. The van der Waals surface area contributed by atoms with Crippen LogP contribution in [0, 0.1) is 19.8 Å². The van der Waals surface area contributed by atoms with Gasteiger partial charge in [0.2, 0.25) is 0 Å². The van der Waals surface area contributed by atoms with Crippen molar-refractivity contribution in [3.8, 4) is 0 Å². The number of anilines is 2. The highest BCUT2D eigenvalue weighted by Crippen LogP contribution is 2.34. The van der Waals surface area contributed by atoms with E-state index in [2.05, 4.69) is 24.5 Å². The molecule has 1 heterocycles. The first-order valence-electron chi connectivity index (χ1n) is 11.5. The Hall–Kier alpha value is -3.60. The second-order valence-electron chi connectivity index (χ2n) is 9.15. The second-order valence-corrected chi connectivity index (χ2v) is 9.15. The summed E-state index contributed by atoms with van der Waals surface area (Å²) in [5.41, 5.74) is 6.30. The third-order valence-electron chi connectivity index (χ3n) is 6.22. The zero-order chi connectivity index (χ0) is 23.5. The molecule has 3 aromatic rings. The van der Waals surface area contributed by atoms with Crippen molar-refractivity contribution in [1.29, 1.82) is 0 Å². The quantitative estimate of drug-likeness (QED) is 0.461. The largest absolute Gasteiger partial charge is 0.361 e. The van der Waals surface area contributed by atoms with Gasteiger partial charge < -0.3 is 15.5 Å². The molecule has 4 rings (SSSR count). The highest BCUT2D eigenvalue weighted by Gasteiger charge is 2.36. The van der Waals surface area contributed by atoms with Gasteiger partial charge in [0.05, 0.1) is 0 Å². The molecule has 1 aliphatic rings. The standard InChI is InChI=1S/C28H31N3O2/c1-18(2)15-16-31-26(24-7-5-6-8-25(24)28(31)33)29-22-13-10-21(11-14-22)27(32)30-23-12-9-19(3)20(4)17-23/h5-14,17-18,26,29H,15-16H2,1-4H3,(H,30,32)/t26-/m0/s1. The average Bonchev–Trinajstić information content (AvgIpc) is 3.06. The Morgan fingerprint density at radius 3 is 2.33 bits per heavy atom. The van der Waals surface area contributed by atoms with Gasteiger partial charge in [0, 0.05) is 34.6 Å². The van der Waals surface area contributed by atoms with Gasteiger partial charge in [-0.15, -0.1) is 0 Å². The Labute approximate surface area is 195 Å². The van der Waals surface area contributed by atoms with Crippen molar-refractivity contribution in [1.82, 2.24) is 4.90 Å². The molecule has 33 heavy (non-hydrogen) atoms. The maximum absolute atomic E-state index is 13.0. The van der Waals surface area contributed by atoms with Crippen LogP contribution in [0.1, 0.15) is 63.8 Å². The molecule has 2 N–H and O–H groups in total. The van der Waals surface area contributed by atoms with Crippen LogP contribution in [-0.2, 0) is 0 Å². The van der Waals surface area contributed by atoms with Crippen LogP contribution in [0.15, 0.2) is 66.7 Å². The van der Waals surface area contributed by atoms with Gasteiger partial charge in [0.15, 0.2) is 0 Å². The number of hydrogen-bond acceptors (Lipinski definition) is 3. The Morgan fingerprint density at radius 1 is 0.939 bits per heavy atom. The number of carbonyl (C=O) groups is 2. The van der Waals surface area contributed by atoms with Crippen molar-refractivity contribution in [2.24, 2.45) is 5.92 Å². The number of nitrogens with zero attached hydrogens (tertiary/aromatic N) is 1. The van der Waals surface area contributed by atoms with Crippen LogP contribution in [0.5, 0.6) is 0 Å². The van der Waals surface area contributed by atoms with Gasteiger partial charge in [0.1, 0.15) is 6.17 Å². The normalized spacial score (nSPS) is 15.0. The number of nitrogens with one attached hydrogen (secondary N) is 2. The first kappa shape index (κ1) is 22.6. The monoisotopic (exact) mass is 441 g/mol. The van der Waals surface area contributed by atoms with E-state index in [1.54, 1.807) is 12.1 Å². The van der Waals surface area contributed by atoms with Crippen LogP contribution in [0.2, 0.25) is 0 Å². The van der Waals surface area contributed by atoms with E-state index in [4.69, 9.17) is 0 Å². The van der Waals surface area contributed by atoms with Crippen LogP contribution >= 0.6 is 0 Å². The van der Waals surface area contributed by atoms with E-state index in [9.17, 15) is 9.59 Å². The topological polar surface area (TPSA) is 61.4 Å². The molecule has 0 fully saturated rings. The van der Waals surface area contributed by atoms with Crippen LogP contribution in [-0.4, -0.2) is 23.3 Å². The molecule has 0 unspecified atom stereocenters. The average molecular weight is 442 g/mol. The molecule has 0 radical (unpaired) electrons. The van der Waals surface area contributed by atoms with Crippen molar-refractivity contribution in [3.05, 3.63) is 94.5 Å². The molecule has 1 aliphatic heterocycles. The second kappa shape index (κ2) is 9.49. The van der Waals surface area contributed by atoms with E-state index in [0.29, 0.717) is 18.0 Å². The summed E-state index contributed by atoms with van der Waals surface area (Å²) in [6.07, 6.45) is 0.720. The van der Waals surface area contributed by atoms with Gasteiger partial charge in [-0.05, 0) is 79.8 Å². The first-order chi connectivity index (χ1) is 15.8. The highest BCUT2D eigenvalue weighted by atomic mass is 16.2. The van der Waals surface area contributed by atoms with Gasteiger partial charge in [-0.3, -0.25) is 9.59 Å². The molecule has 1 atom stereocenters. The van der Waals surface area contributed by atoms with E-state index in [1.807, 2.05) is 73.3 Å². The lowest BCUT2D eigenvalue weighted by atomic mass is 10.1. The van der Waals surface area contributed by atoms with Crippen molar-refractivity contribution in [2.75, 3.05) is 17.2 Å². The number of hydrogen-bond donors (Lipinski definition) is 2. The summed E-state index contributed by atoms with van der Waals surface area (Å²) < 4.78 is 0. The van der Waals surface area contributed by atoms with Crippen LogP contribution < -0.4 is 10.6 Å².